The number of amides is 1. The summed E-state index contributed by atoms with van der Waals surface area (Å²) >= 11 is 4.57. The first-order valence-corrected chi connectivity index (χ1v) is 9.31. The van der Waals surface area contributed by atoms with Crippen LogP contribution in [0.2, 0.25) is 0 Å². The normalized spacial score (nSPS) is 10.8. The van der Waals surface area contributed by atoms with E-state index in [2.05, 4.69) is 21.2 Å². The van der Waals surface area contributed by atoms with Crippen molar-refractivity contribution in [2.75, 3.05) is 16.8 Å². The third kappa shape index (κ3) is 4.70. The average molecular weight is 422 g/mol. The molecule has 1 amide bonds. The van der Waals surface area contributed by atoms with Crippen LogP contribution in [0, 0.1) is 5.82 Å². The van der Waals surface area contributed by atoms with Gasteiger partial charge in [0.2, 0.25) is 11.7 Å². The van der Waals surface area contributed by atoms with Gasteiger partial charge in [-0.2, -0.15) is 0 Å². The maximum absolute atomic E-state index is 12.8. The van der Waals surface area contributed by atoms with Gasteiger partial charge in [0.1, 0.15) is 11.4 Å². The largest absolute Gasteiger partial charge is 0.453 e. The average Bonchev–Trinajstić information content (AvgIpc) is 3.00. The molecule has 0 unspecified atom stereocenters. The summed E-state index contributed by atoms with van der Waals surface area (Å²) < 4.78 is 19.2. The van der Waals surface area contributed by atoms with E-state index in [4.69, 9.17) is 4.42 Å². The van der Waals surface area contributed by atoms with E-state index in [0.717, 1.165) is 9.86 Å². The zero-order valence-electron chi connectivity index (χ0n) is 12.9. The van der Waals surface area contributed by atoms with E-state index in [1.807, 2.05) is 12.1 Å². The van der Waals surface area contributed by atoms with Gasteiger partial charge in [0.15, 0.2) is 5.76 Å². The highest BCUT2D eigenvalue weighted by Gasteiger charge is 2.13. The molecule has 1 heterocycles. The number of Topliss-reactive ketones (excluding diaryl/α,β-unsaturated/α-hetero) is 1. The summed E-state index contributed by atoms with van der Waals surface area (Å²) in [6.45, 7) is 0. The van der Waals surface area contributed by atoms with Crippen LogP contribution in [0.1, 0.15) is 10.6 Å². The summed E-state index contributed by atoms with van der Waals surface area (Å²) in [5.41, 5.74) is 1.16. The molecule has 3 aromatic rings. The fourth-order valence-corrected chi connectivity index (χ4v) is 3.26. The van der Waals surface area contributed by atoms with Gasteiger partial charge in [-0.25, -0.2) is 4.39 Å². The van der Waals surface area contributed by atoms with Gasteiger partial charge in [0.05, 0.1) is 11.5 Å². The Morgan fingerprint density at radius 1 is 1.08 bits per heavy atom. The fourth-order valence-electron chi connectivity index (χ4n) is 2.19. The summed E-state index contributed by atoms with van der Waals surface area (Å²) in [5, 5.41) is 3.49. The van der Waals surface area contributed by atoms with Crippen LogP contribution in [-0.4, -0.2) is 23.2 Å². The second kappa shape index (κ2) is 7.84. The molecule has 0 saturated heterocycles. The molecule has 0 fully saturated rings. The van der Waals surface area contributed by atoms with Crippen molar-refractivity contribution in [2.24, 2.45) is 0 Å². The zero-order valence-corrected chi connectivity index (χ0v) is 15.3. The molecule has 0 aliphatic carbocycles. The number of fused-ring (bicyclic) bond motifs is 1. The Balaban J connectivity index is 1.51. The van der Waals surface area contributed by atoms with Crippen molar-refractivity contribution in [1.82, 2.24) is 0 Å². The second-order valence-electron chi connectivity index (χ2n) is 5.26. The molecule has 1 aromatic heterocycles. The summed E-state index contributed by atoms with van der Waals surface area (Å²) in [5.74, 6) is -0.257. The number of benzene rings is 2. The van der Waals surface area contributed by atoms with Gasteiger partial charge in [-0.15, -0.1) is 11.8 Å². The standard InChI is InChI=1S/C18H13BrFNO3S/c19-12-1-6-16-11(7-12)8-17(24-16)15(22)9-25-10-18(23)21-14-4-2-13(20)3-5-14/h1-8H,9-10H2,(H,21,23). The Labute approximate surface area is 155 Å². The van der Waals surface area contributed by atoms with Crippen LogP contribution >= 0.6 is 27.7 Å². The number of nitrogens with one attached hydrogen (secondary N) is 1. The number of halogens is 2. The van der Waals surface area contributed by atoms with Crippen molar-refractivity contribution < 1.29 is 18.4 Å². The zero-order chi connectivity index (χ0) is 17.8. The highest BCUT2D eigenvalue weighted by Crippen LogP contribution is 2.24. The minimum absolute atomic E-state index is 0.120. The van der Waals surface area contributed by atoms with E-state index in [1.165, 1.54) is 36.0 Å². The molecule has 0 radical (unpaired) electrons. The molecular weight excluding hydrogens is 409 g/mol. The number of carbonyl (C=O) groups excluding carboxylic acids is 2. The van der Waals surface area contributed by atoms with Gasteiger partial charge in [0, 0.05) is 15.5 Å². The van der Waals surface area contributed by atoms with Gasteiger partial charge >= 0.3 is 0 Å². The minimum Gasteiger partial charge on any atom is -0.453 e. The molecule has 2 aromatic carbocycles. The van der Waals surface area contributed by atoms with Crippen LogP contribution in [0.5, 0.6) is 0 Å². The van der Waals surface area contributed by atoms with Crippen molar-refractivity contribution in [1.29, 1.82) is 0 Å². The summed E-state index contributed by atoms with van der Waals surface area (Å²) in [6, 6.07) is 12.7. The van der Waals surface area contributed by atoms with Crippen molar-refractivity contribution in [2.45, 2.75) is 0 Å². The van der Waals surface area contributed by atoms with Gasteiger partial charge in [0.25, 0.3) is 0 Å². The number of hydrogen-bond acceptors (Lipinski definition) is 4. The topological polar surface area (TPSA) is 59.3 Å². The first kappa shape index (κ1) is 17.7. The number of hydrogen-bond donors (Lipinski definition) is 1. The molecular formula is C18H13BrFNO3S. The Morgan fingerprint density at radius 2 is 1.84 bits per heavy atom. The third-order valence-electron chi connectivity index (χ3n) is 3.35. The quantitative estimate of drug-likeness (QED) is 0.575. The maximum atomic E-state index is 12.8. The lowest BCUT2D eigenvalue weighted by molar-refractivity contribution is -0.113. The highest BCUT2D eigenvalue weighted by molar-refractivity contribution is 9.10. The van der Waals surface area contributed by atoms with Gasteiger partial charge < -0.3 is 9.73 Å². The van der Waals surface area contributed by atoms with E-state index in [9.17, 15) is 14.0 Å². The molecule has 128 valence electrons. The van der Waals surface area contributed by atoms with Crippen LogP contribution in [0.15, 0.2) is 57.4 Å². The Kier molecular flexibility index (Phi) is 5.55. The predicted molar refractivity (Wildman–Crippen MR) is 101 cm³/mol. The Hall–Kier alpha value is -2.12. The van der Waals surface area contributed by atoms with E-state index < -0.39 is 0 Å². The molecule has 0 bridgehead atoms. The third-order valence-corrected chi connectivity index (χ3v) is 4.77. The van der Waals surface area contributed by atoms with Crippen LogP contribution < -0.4 is 5.32 Å². The van der Waals surface area contributed by atoms with E-state index in [1.54, 1.807) is 12.1 Å². The number of thioether (sulfide) groups is 1. The van der Waals surface area contributed by atoms with Crippen LogP contribution in [0.25, 0.3) is 11.0 Å². The van der Waals surface area contributed by atoms with Crippen molar-refractivity contribution in [3.63, 3.8) is 0 Å². The molecule has 1 N–H and O–H groups in total. The minimum atomic E-state index is -0.365. The van der Waals surface area contributed by atoms with Crippen LogP contribution in [-0.2, 0) is 4.79 Å². The van der Waals surface area contributed by atoms with Gasteiger partial charge in [-0.05, 0) is 48.5 Å². The van der Waals surface area contributed by atoms with Crippen molar-refractivity contribution >= 4 is 56.0 Å². The summed E-state index contributed by atoms with van der Waals surface area (Å²) in [7, 11) is 0. The molecule has 0 saturated carbocycles. The molecule has 0 aliphatic heterocycles. The monoisotopic (exact) mass is 421 g/mol. The number of rotatable bonds is 6. The fraction of sp³-hybridized carbons (Fsp3) is 0.111. The second-order valence-corrected chi connectivity index (χ2v) is 7.17. The number of furan rings is 1. The number of anilines is 1. The highest BCUT2D eigenvalue weighted by atomic mass is 79.9. The lowest BCUT2D eigenvalue weighted by Crippen LogP contribution is -2.15. The lowest BCUT2D eigenvalue weighted by Gasteiger charge is -2.04. The van der Waals surface area contributed by atoms with E-state index >= 15 is 0 Å². The van der Waals surface area contributed by atoms with Crippen LogP contribution in [0.4, 0.5) is 10.1 Å². The predicted octanol–water partition coefficient (Wildman–Crippen LogP) is 4.89. The van der Waals surface area contributed by atoms with E-state index in [-0.39, 0.29) is 34.8 Å². The molecule has 0 aliphatic rings. The lowest BCUT2D eigenvalue weighted by atomic mass is 10.2. The SMILES string of the molecule is O=C(CSCC(=O)c1cc2cc(Br)ccc2o1)Nc1ccc(F)cc1. The number of carbonyl (C=O) groups is 2. The number of ketones is 1. The molecule has 0 atom stereocenters. The van der Waals surface area contributed by atoms with Crippen LogP contribution in [0.3, 0.4) is 0 Å². The molecule has 7 heteroatoms. The van der Waals surface area contributed by atoms with Gasteiger partial charge in [-0.1, -0.05) is 15.9 Å². The van der Waals surface area contributed by atoms with E-state index in [0.29, 0.717) is 11.3 Å². The molecule has 0 spiro atoms. The Bertz CT molecular complexity index is 924. The van der Waals surface area contributed by atoms with Crippen molar-refractivity contribution in [3.8, 4) is 0 Å². The Morgan fingerprint density at radius 3 is 2.60 bits per heavy atom. The molecule has 4 nitrogen and oxygen atoms in total. The summed E-state index contributed by atoms with van der Waals surface area (Å²) in [6.07, 6.45) is 0. The smallest absolute Gasteiger partial charge is 0.234 e. The first-order chi connectivity index (χ1) is 12.0. The maximum Gasteiger partial charge on any atom is 0.234 e. The van der Waals surface area contributed by atoms with Gasteiger partial charge in [-0.3, -0.25) is 9.59 Å². The molecule has 25 heavy (non-hydrogen) atoms. The molecule has 3 rings (SSSR count). The first-order valence-electron chi connectivity index (χ1n) is 7.37. The summed E-state index contributed by atoms with van der Waals surface area (Å²) in [4.78, 5) is 24.0. The van der Waals surface area contributed by atoms with Crippen molar-refractivity contribution in [3.05, 3.63) is 64.6 Å².